The standard InChI is InChI=1S/C16H15BrF3NO/c17-13-7-6-11(16(18,19)20)9-12(13)15(21)14(22)8-10-4-2-1-3-5-10/h1-7,9,14-15,22H,8,21H2/t14-,15+/m0/s1. The van der Waals surface area contributed by atoms with Crippen LogP contribution in [-0.2, 0) is 12.6 Å². The Kier molecular flexibility index (Phi) is 5.26. The van der Waals surface area contributed by atoms with Crippen molar-refractivity contribution in [2.45, 2.75) is 24.7 Å². The SMILES string of the molecule is N[C@H](c1cc(C(F)(F)F)ccc1Br)[C@@H](O)Cc1ccccc1. The van der Waals surface area contributed by atoms with Gasteiger partial charge in [0.2, 0.25) is 0 Å². The molecule has 0 saturated heterocycles. The number of hydrogen-bond acceptors (Lipinski definition) is 2. The molecule has 0 radical (unpaired) electrons. The molecule has 6 heteroatoms. The maximum Gasteiger partial charge on any atom is 0.416 e. The minimum atomic E-state index is -4.44. The van der Waals surface area contributed by atoms with Gasteiger partial charge < -0.3 is 10.8 Å². The van der Waals surface area contributed by atoms with Crippen molar-refractivity contribution in [3.63, 3.8) is 0 Å². The molecule has 0 aliphatic heterocycles. The average Bonchev–Trinajstić information content (AvgIpc) is 2.46. The summed E-state index contributed by atoms with van der Waals surface area (Å²) >= 11 is 3.19. The summed E-state index contributed by atoms with van der Waals surface area (Å²) in [4.78, 5) is 0. The average molecular weight is 374 g/mol. The second-order valence-electron chi connectivity index (χ2n) is 5.02. The molecule has 118 valence electrons. The van der Waals surface area contributed by atoms with Gasteiger partial charge >= 0.3 is 6.18 Å². The van der Waals surface area contributed by atoms with E-state index in [1.165, 1.54) is 6.07 Å². The summed E-state index contributed by atoms with van der Waals surface area (Å²) in [5.74, 6) is 0. The van der Waals surface area contributed by atoms with Crippen LogP contribution in [0, 0.1) is 0 Å². The van der Waals surface area contributed by atoms with Gasteiger partial charge in [-0.25, -0.2) is 0 Å². The van der Waals surface area contributed by atoms with E-state index in [1.54, 1.807) is 0 Å². The van der Waals surface area contributed by atoms with E-state index in [9.17, 15) is 18.3 Å². The number of rotatable bonds is 4. The third kappa shape index (κ3) is 4.09. The highest BCUT2D eigenvalue weighted by Gasteiger charge is 2.32. The highest BCUT2D eigenvalue weighted by atomic mass is 79.9. The third-order valence-corrected chi connectivity index (χ3v) is 4.11. The molecule has 0 unspecified atom stereocenters. The van der Waals surface area contributed by atoms with Crippen molar-refractivity contribution in [1.82, 2.24) is 0 Å². The van der Waals surface area contributed by atoms with Crippen LogP contribution in [0.15, 0.2) is 53.0 Å². The maximum atomic E-state index is 12.8. The Morgan fingerprint density at radius 1 is 1.09 bits per heavy atom. The Morgan fingerprint density at radius 2 is 1.73 bits per heavy atom. The summed E-state index contributed by atoms with van der Waals surface area (Å²) in [6, 6.07) is 11.5. The largest absolute Gasteiger partial charge is 0.416 e. The van der Waals surface area contributed by atoms with Crippen molar-refractivity contribution in [3.05, 3.63) is 69.7 Å². The molecule has 2 aromatic rings. The normalized spacial score (nSPS) is 14.6. The monoisotopic (exact) mass is 373 g/mol. The molecule has 0 heterocycles. The second kappa shape index (κ2) is 6.81. The van der Waals surface area contributed by atoms with E-state index < -0.39 is 23.9 Å². The van der Waals surface area contributed by atoms with Gasteiger partial charge in [0.1, 0.15) is 0 Å². The molecule has 2 aromatic carbocycles. The minimum Gasteiger partial charge on any atom is -0.391 e. The lowest BCUT2D eigenvalue weighted by Gasteiger charge is -2.21. The van der Waals surface area contributed by atoms with E-state index in [2.05, 4.69) is 15.9 Å². The molecule has 2 nitrogen and oxygen atoms in total. The first-order chi connectivity index (χ1) is 10.3. The predicted octanol–water partition coefficient (Wildman–Crippen LogP) is 4.07. The fourth-order valence-corrected chi connectivity index (χ4v) is 2.68. The van der Waals surface area contributed by atoms with Crippen LogP contribution in [0.4, 0.5) is 13.2 Å². The van der Waals surface area contributed by atoms with E-state index >= 15 is 0 Å². The quantitative estimate of drug-likeness (QED) is 0.848. The van der Waals surface area contributed by atoms with Crippen molar-refractivity contribution in [3.8, 4) is 0 Å². The third-order valence-electron chi connectivity index (χ3n) is 3.38. The van der Waals surface area contributed by atoms with E-state index in [0.29, 0.717) is 4.47 Å². The summed E-state index contributed by atoms with van der Waals surface area (Å²) < 4.78 is 38.8. The van der Waals surface area contributed by atoms with Gasteiger partial charge in [-0.2, -0.15) is 13.2 Å². The zero-order valence-corrected chi connectivity index (χ0v) is 13.1. The maximum absolute atomic E-state index is 12.8. The molecule has 0 fully saturated rings. The summed E-state index contributed by atoms with van der Waals surface area (Å²) in [6.45, 7) is 0. The summed E-state index contributed by atoms with van der Waals surface area (Å²) in [6.07, 6.45) is -5.16. The number of nitrogens with two attached hydrogens (primary N) is 1. The Balaban J connectivity index is 2.23. The van der Waals surface area contributed by atoms with E-state index in [4.69, 9.17) is 5.73 Å². The smallest absolute Gasteiger partial charge is 0.391 e. The lowest BCUT2D eigenvalue weighted by atomic mass is 9.95. The molecule has 0 aliphatic rings. The summed E-state index contributed by atoms with van der Waals surface area (Å²) in [5, 5.41) is 10.2. The molecule has 0 saturated carbocycles. The molecule has 2 atom stereocenters. The number of alkyl halides is 3. The van der Waals surface area contributed by atoms with Crippen LogP contribution in [-0.4, -0.2) is 11.2 Å². The topological polar surface area (TPSA) is 46.2 Å². The number of halogens is 4. The Bertz CT molecular complexity index is 631. The fraction of sp³-hybridized carbons (Fsp3) is 0.250. The van der Waals surface area contributed by atoms with Crippen LogP contribution in [0.5, 0.6) is 0 Å². The number of aliphatic hydroxyl groups is 1. The van der Waals surface area contributed by atoms with Gasteiger partial charge in [0, 0.05) is 10.9 Å². The molecule has 0 aliphatic carbocycles. The lowest BCUT2D eigenvalue weighted by molar-refractivity contribution is -0.137. The first-order valence-electron chi connectivity index (χ1n) is 6.63. The van der Waals surface area contributed by atoms with E-state index in [-0.39, 0.29) is 12.0 Å². The molecular formula is C16H15BrF3NO. The Hall–Kier alpha value is -1.37. The van der Waals surface area contributed by atoms with Crippen LogP contribution in [0.3, 0.4) is 0 Å². The molecular weight excluding hydrogens is 359 g/mol. The van der Waals surface area contributed by atoms with Crippen molar-refractivity contribution < 1.29 is 18.3 Å². The molecule has 22 heavy (non-hydrogen) atoms. The molecule has 2 rings (SSSR count). The number of benzene rings is 2. The lowest BCUT2D eigenvalue weighted by Crippen LogP contribution is -2.28. The van der Waals surface area contributed by atoms with Gasteiger partial charge in [-0.3, -0.25) is 0 Å². The van der Waals surface area contributed by atoms with Gasteiger partial charge in [-0.1, -0.05) is 46.3 Å². The van der Waals surface area contributed by atoms with Gasteiger partial charge in [0.25, 0.3) is 0 Å². The molecule has 0 amide bonds. The summed E-state index contributed by atoms with van der Waals surface area (Å²) in [7, 11) is 0. The van der Waals surface area contributed by atoms with Crippen molar-refractivity contribution in [2.24, 2.45) is 5.73 Å². The first kappa shape index (κ1) is 17.0. The zero-order valence-electron chi connectivity index (χ0n) is 11.5. The highest BCUT2D eigenvalue weighted by molar-refractivity contribution is 9.10. The molecule has 0 aromatic heterocycles. The number of hydrogen-bond donors (Lipinski definition) is 2. The predicted molar refractivity (Wildman–Crippen MR) is 82.2 cm³/mol. The van der Waals surface area contributed by atoms with E-state index in [1.807, 2.05) is 30.3 Å². The fourth-order valence-electron chi connectivity index (χ4n) is 2.17. The van der Waals surface area contributed by atoms with Gasteiger partial charge in [0.05, 0.1) is 17.7 Å². The van der Waals surface area contributed by atoms with Crippen LogP contribution < -0.4 is 5.73 Å². The van der Waals surface area contributed by atoms with Gasteiger partial charge in [-0.05, 0) is 29.3 Å². The number of aliphatic hydroxyl groups excluding tert-OH is 1. The van der Waals surface area contributed by atoms with Crippen LogP contribution in [0.1, 0.15) is 22.7 Å². The van der Waals surface area contributed by atoms with Crippen LogP contribution in [0.2, 0.25) is 0 Å². The van der Waals surface area contributed by atoms with Crippen molar-refractivity contribution >= 4 is 15.9 Å². The minimum absolute atomic E-state index is 0.234. The first-order valence-corrected chi connectivity index (χ1v) is 7.42. The van der Waals surface area contributed by atoms with Crippen LogP contribution in [0.25, 0.3) is 0 Å². The van der Waals surface area contributed by atoms with Crippen molar-refractivity contribution in [2.75, 3.05) is 0 Å². The van der Waals surface area contributed by atoms with Crippen molar-refractivity contribution in [1.29, 1.82) is 0 Å². The van der Waals surface area contributed by atoms with Gasteiger partial charge in [0.15, 0.2) is 0 Å². The van der Waals surface area contributed by atoms with Crippen LogP contribution >= 0.6 is 15.9 Å². The molecule has 0 spiro atoms. The Morgan fingerprint density at radius 3 is 2.32 bits per heavy atom. The second-order valence-corrected chi connectivity index (χ2v) is 5.87. The van der Waals surface area contributed by atoms with E-state index in [0.717, 1.165) is 17.7 Å². The Labute approximate surface area is 134 Å². The van der Waals surface area contributed by atoms with Gasteiger partial charge in [-0.15, -0.1) is 0 Å². The zero-order chi connectivity index (χ0) is 16.3. The highest BCUT2D eigenvalue weighted by Crippen LogP contribution is 2.34. The molecule has 3 N–H and O–H groups in total. The summed E-state index contributed by atoms with van der Waals surface area (Å²) in [5.41, 5.74) is 6.27. The molecule has 0 bridgehead atoms.